The molecule has 0 aromatic carbocycles. The first-order valence-corrected chi connectivity index (χ1v) is 6.98. The van der Waals surface area contributed by atoms with Crippen molar-refractivity contribution in [3.8, 4) is 0 Å². The molecule has 20 heavy (non-hydrogen) atoms. The molecule has 4 aliphatic heterocycles. The Bertz CT molecular complexity index is 541. The van der Waals surface area contributed by atoms with E-state index in [1.54, 1.807) is 6.20 Å². The fourth-order valence-electron chi connectivity index (χ4n) is 3.49. The zero-order valence-electron chi connectivity index (χ0n) is 10.9. The van der Waals surface area contributed by atoms with Gasteiger partial charge in [-0.05, 0) is 25.0 Å². The minimum atomic E-state index is -0.00460. The number of nitrogens with zero attached hydrogens (tertiary/aromatic N) is 3. The monoisotopic (exact) mass is 272 g/mol. The Balaban J connectivity index is 1.50. The number of fused-ring (bicyclic) bond motifs is 2. The lowest BCUT2D eigenvalue weighted by Gasteiger charge is -2.60. The van der Waals surface area contributed by atoms with Crippen LogP contribution in [0.1, 0.15) is 12.8 Å². The van der Waals surface area contributed by atoms with Gasteiger partial charge in [-0.1, -0.05) is 6.07 Å². The van der Waals surface area contributed by atoms with Crippen molar-refractivity contribution in [3.05, 3.63) is 24.4 Å². The number of aromatic nitrogens is 1. The summed E-state index contributed by atoms with van der Waals surface area (Å²) in [5, 5.41) is 3.21. The number of piperidine rings is 3. The maximum absolute atomic E-state index is 6.32. The summed E-state index contributed by atoms with van der Waals surface area (Å²) < 4.78 is 7.71. The number of hydrogen-bond donors (Lipinski definition) is 1. The van der Waals surface area contributed by atoms with Gasteiger partial charge in [0.15, 0.2) is 13.6 Å². The Kier molecular flexibility index (Phi) is 2.57. The maximum Gasteiger partial charge on any atom is 0.291 e. The van der Waals surface area contributed by atoms with E-state index in [2.05, 4.69) is 15.3 Å². The number of hydrogen-bond acceptors (Lipinski definition) is 4. The van der Waals surface area contributed by atoms with Crippen molar-refractivity contribution in [1.82, 2.24) is 4.98 Å². The number of pyridine rings is 1. The first-order chi connectivity index (χ1) is 9.68. The molecule has 5 nitrogen and oxygen atoms in total. The van der Waals surface area contributed by atoms with Crippen LogP contribution in [0.15, 0.2) is 29.4 Å². The molecule has 0 saturated carbocycles. The van der Waals surface area contributed by atoms with Crippen LogP contribution in [0.3, 0.4) is 0 Å². The van der Waals surface area contributed by atoms with Crippen molar-refractivity contribution in [2.75, 3.05) is 31.5 Å². The lowest BCUT2D eigenvalue weighted by Crippen LogP contribution is -2.69. The smallest absolute Gasteiger partial charge is 0.291 e. The average molecular weight is 272 g/mol. The van der Waals surface area contributed by atoms with Gasteiger partial charge < -0.3 is 9.13 Å². The average Bonchev–Trinajstić information content (AvgIpc) is 2.82. The van der Waals surface area contributed by atoms with Gasteiger partial charge in [-0.2, -0.15) is 0 Å². The molecule has 1 unspecified atom stereocenters. The first kappa shape index (κ1) is 12.2. The third-order valence-corrected chi connectivity index (χ3v) is 4.51. The van der Waals surface area contributed by atoms with Crippen molar-refractivity contribution in [1.29, 1.82) is 0 Å². The Morgan fingerprint density at radius 3 is 2.90 bits per heavy atom. The molecule has 3 saturated heterocycles. The van der Waals surface area contributed by atoms with Gasteiger partial charge in [-0.15, -0.1) is 0 Å². The minimum Gasteiger partial charge on any atom is -0.519 e. The largest absolute Gasteiger partial charge is 0.519 e. The number of quaternary nitrogens is 1. The Morgan fingerprint density at radius 2 is 2.20 bits per heavy atom. The molecular formula is C14H21BN4O. The van der Waals surface area contributed by atoms with Crippen LogP contribution >= 0.6 is 0 Å². The van der Waals surface area contributed by atoms with Gasteiger partial charge in [0.2, 0.25) is 0 Å². The highest BCUT2D eigenvalue weighted by Gasteiger charge is 2.55. The van der Waals surface area contributed by atoms with E-state index in [9.17, 15) is 0 Å². The molecule has 5 heterocycles. The van der Waals surface area contributed by atoms with Crippen molar-refractivity contribution in [2.45, 2.75) is 18.4 Å². The normalized spacial score (nSPS) is 38.6. The maximum atomic E-state index is 6.32. The molecule has 0 radical (unpaired) electrons. The van der Waals surface area contributed by atoms with E-state index in [0.717, 1.165) is 12.4 Å². The Hall–Kier alpha value is -1.56. The summed E-state index contributed by atoms with van der Waals surface area (Å²) >= 11 is 0. The molecule has 0 aliphatic carbocycles. The van der Waals surface area contributed by atoms with E-state index in [-0.39, 0.29) is 5.60 Å². The molecule has 1 N–H and O–H groups in total. The van der Waals surface area contributed by atoms with Crippen molar-refractivity contribution >= 4 is 19.8 Å². The zero-order valence-corrected chi connectivity index (χ0v) is 10.9. The van der Waals surface area contributed by atoms with E-state index < -0.39 is 0 Å². The highest BCUT2D eigenvalue weighted by atomic mass is 16.5. The second-order valence-corrected chi connectivity index (χ2v) is 5.68. The quantitative estimate of drug-likeness (QED) is 0.740. The van der Waals surface area contributed by atoms with Gasteiger partial charge in [0.05, 0.1) is 13.1 Å². The molecule has 2 bridgehead atoms. The molecule has 1 atom stereocenters. The summed E-state index contributed by atoms with van der Waals surface area (Å²) in [4.78, 5) is 8.89. The first-order valence-electron chi connectivity index (χ1n) is 6.98. The molecule has 1 aromatic heterocycles. The lowest BCUT2D eigenvalue weighted by atomic mass is 9.72. The SMILES string of the molecule is [BH3-][N+]12CCC(CC1)C1(CN=C(Nc3ccccn3)O1)C2. The van der Waals surface area contributed by atoms with Crippen molar-refractivity contribution in [3.63, 3.8) is 0 Å². The third kappa shape index (κ3) is 1.90. The minimum absolute atomic E-state index is 0.00460. The molecular weight excluding hydrogens is 251 g/mol. The predicted molar refractivity (Wildman–Crippen MR) is 81.5 cm³/mol. The third-order valence-electron chi connectivity index (χ3n) is 4.51. The zero-order chi connectivity index (χ0) is 13.6. The summed E-state index contributed by atoms with van der Waals surface area (Å²) in [6, 6.07) is 6.50. The second kappa shape index (κ2) is 4.22. The van der Waals surface area contributed by atoms with Crippen LogP contribution in [-0.2, 0) is 4.74 Å². The summed E-state index contributed by atoms with van der Waals surface area (Å²) in [7, 11) is 0.316. The van der Waals surface area contributed by atoms with Gasteiger partial charge in [0, 0.05) is 25.2 Å². The Morgan fingerprint density at radius 1 is 1.35 bits per heavy atom. The predicted octanol–water partition coefficient (Wildman–Crippen LogP) is 0.139. The Labute approximate surface area is 120 Å². The van der Waals surface area contributed by atoms with Gasteiger partial charge in [0.25, 0.3) is 6.02 Å². The van der Waals surface area contributed by atoms with Crippen molar-refractivity contribution in [2.24, 2.45) is 10.9 Å². The van der Waals surface area contributed by atoms with Crippen LogP contribution in [0.25, 0.3) is 0 Å². The van der Waals surface area contributed by atoms with Gasteiger partial charge in [0.1, 0.15) is 5.82 Å². The van der Waals surface area contributed by atoms with Gasteiger partial charge in [-0.3, -0.25) is 5.32 Å². The molecule has 5 rings (SSSR count). The number of amidine groups is 1. The van der Waals surface area contributed by atoms with E-state index in [0.29, 0.717) is 19.9 Å². The van der Waals surface area contributed by atoms with E-state index in [1.165, 1.54) is 36.9 Å². The van der Waals surface area contributed by atoms with Crippen molar-refractivity contribution < 1.29 is 9.13 Å². The number of rotatable bonds is 1. The fraction of sp³-hybridized carbons (Fsp3) is 0.571. The van der Waals surface area contributed by atoms with Crippen LogP contribution in [0, 0.1) is 5.92 Å². The molecule has 6 heteroatoms. The van der Waals surface area contributed by atoms with Crippen LogP contribution in [0.5, 0.6) is 0 Å². The molecule has 106 valence electrons. The molecule has 3 fully saturated rings. The van der Waals surface area contributed by atoms with Crippen LogP contribution in [0.4, 0.5) is 5.82 Å². The highest BCUT2D eigenvalue weighted by molar-refractivity contribution is 5.97. The van der Waals surface area contributed by atoms with Gasteiger partial charge in [-0.25, -0.2) is 9.98 Å². The van der Waals surface area contributed by atoms with Crippen LogP contribution in [0.2, 0.25) is 0 Å². The number of nitrogens with one attached hydrogen (secondary N) is 1. The molecule has 1 aromatic rings. The van der Waals surface area contributed by atoms with Gasteiger partial charge >= 0.3 is 0 Å². The standard InChI is InChI=1S/C14H21BN4O/c15-19-7-4-11(5-8-19)14(10-19)9-17-13(20-14)18-12-3-1-2-6-16-12/h1-3,6,11H,4-5,7-10H2,15H3,(H,16,17,18). The summed E-state index contributed by atoms with van der Waals surface area (Å²) in [6.45, 7) is 4.84. The topological polar surface area (TPSA) is 46.5 Å². The van der Waals surface area contributed by atoms with E-state index >= 15 is 0 Å². The summed E-state index contributed by atoms with van der Waals surface area (Å²) in [5.74, 6) is 1.51. The fourth-order valence-corrected chi connectivity index (χ4v) is 3.49. The molecule has 4 aliphatic rings. The number of ether oxygens (including phenoxy) is 1. The second-order valence-electron chi connectivity index (χ2n) is 5.68. The molecule has 0 amide bonds. The summed E-state index contributed by atoms with van der Waals surface area (Å²) in [5.41, 5.74) is -0.00460. The van der Waals surface area contributed by atoms with E-state index in [4.69, 9.17) is 4.74 Å². The van der Waals surface area contributed by atoms with Crippen LogP contribution < -0.4 is 5.32 Å². The summed E-state index contributed by atoms with van der Waals surface area (Å²) in [6.07, 6.45) is 4.44. The van der Waals surface area contributed by atoms with Crippen LogP contribution in [-0.4, -0.2) is 55.2 Å². The number of aliphatic imine (C=N–C) groups is 1. The van der Waals surface area contributed by atoms with E-state index in [1.807, 2.05) is 18.2 Å². The molecule has 1 spiro atoms. The number of anilines is 1. The lowest BCUT2D eigenvalue weighted by molar-refractivity contribution is -0.845. The highest BCUT2D eigenvalue weighted by Crippen LogP contribution is 2.43.